The zero-order chi connectivity index (χ0) is 26.8. The highest BCUT2D eigenvalue weighted by Gasteiger charge is 2.31. The maximum Gasteiger partial charge on any atom is 0.261 e. The van der Waals surface area contributed by atoms with Crippen LogP contribution in [0.15, 0.2) is 72.8 Å². The molecule has 0 unspecified atom stereocenters. The van der Waals surface area contributed by atoms with E-state index in [0.717, 1.165) is 12.0 Å². The van der Waals surface area contributed by atoms with E-state index in [0.29, 0.717) is 33.5 Å². The van der Waals surface area contributed by atoms with Gasteiger partial charge in [-0.2, -0.15) is 0 Å². The average molecular weight is 543 g/mol. The fourth-order valence-electron chi connectivity index (χ4n) is 3.79. The number of amides is 2. The first kappa shape index (κ1) is 28.4. The Bertz CT molecular complexity index is 1190. The molecule has 196 valence electrons. The lowest BCUT2D eigenvalue weighted by molar-refractivity contribution is -0.143. The molecule has 3 aromatic rings. The number of methoxy groups -OCH3 is 1. The SMILES string of the molecule is CC[C@@H](C)NC(=O)[C@@H](Cc1ccccc1)N(Cc1ccc(Cl)cc1Cl)C(=O)COc1ccccc1OC. The molecule has 0 saturated carbocycles. The van der Waals surface area contributed by atoms with Crippen molar-refractivity contribution >= 4 is 35.0 Å². The van der Waals surface area contributed by atoms with Crippen molar-refractivity contribution in [2.45, 2.75) is 45.3 Å². The van der Waals surface area contributed by atoms with E-state index in [-0.39, 0.29) is 31.0 Å². The topological polar surface area (TPSA) is 67.9 Å². The Morgan fingerprint density at radius 3 is 2.30 bits per heavy atom. The quantitative estimate of drug-likeness (QED) is 0.307. The van der Waals surface area contributed by atoms with Crippen LogP contribution in [0.1, 0.15) is 31.4 Å². The van der Waals surface area contributed by atoms with E-state index >= 15 is 0 Å². The van der Waals surface area contributed by atoms with Gasteiger partial charge in [-0.1, -0.05) is 78.7 Å². The second-order valence-electron chi connectivity index (χ2n) is 8.72. The molecule has 2 atom stereocenters. The number of carbonyl (C=O) groups is 2. The van der Waals surface area contributed by atoms with E-state index in [1.807, 2.05) is 50.2 Å². The number of benzene rings is 3. The van der Waals surface area contributed by atoms with Crippen LogP contribution in [0, 0.1) is 0 Å². The lowest BCUT2D eigenvalue weighted by Crippen LogP contribution is -2.53. The normalized spacial score (nSPS) is 12.4. The molecule has 0 aliphatic carbocycles. The van der Waals surface area contributed by atoms with Crippen LogP contribution < -0.4 is 14.8 Å². The maximum absolute atomic E-state index is 13.7. The molecule has 0 radical (unpaired) electrons. The number of hydrogen-bond acceptors (Lipinski definition) is 4. The molecule has 6 nitrogen and oxygen atoms in total. The molecule has 0 fully saturated rings. The van der Waals surface area contributed by atoms with Gasteiger partial charge in [0.2, 0.25) is 5.91 Å². The number of carbonyl (C=O) groups excluding carboxylic acids is 2. The van der Waals surface area contributed by atoms with Crippen LogP contribution in [0.4, 0.5) is 0 Å². The molecule has 8 heteroatoms. The molecule has 0 saturated heterocycles. The molecular weight excluding hydrogens is 511 g/mol. The summed E-state index contributed by atoms with van der Waals surface area (Å²) in [5.41, 5.74) is 1.60. The molecule has 3 rings (SSSR count). The molecule has 0 aliphatic heterocycles. The predicted octanol–water partition coefficient (Wildman–Crippen LogP) is 5.94. The summed E-state index contributed by atoms with van der Waals surface area (Å²) in [5, 5.41) is 3.94. The van der Waals surface area contributed by atoms with Crippen molar-refractivity contribution in [2.24, 2.45) is 0 Å². The van der Waals surface area contributed by atoms with Crippen molar-refractivity contribution in [3.63, 3.8) is 0 Å². The summed E-state index contributed by atoms with van der Waals surface area (Å²) in [7, 11) is 1.54. The highest BCUT2D eigenvalue weighted by atomic mass is 35.5. The van der Waals surface area contributed by atoms with Crippen molar-refractivity contribution in [1.29, 1.82) is 0 Å². The van der Waals surface area contributed by atoms with Crippen LogP contribution in [-0.4, -0.2) is 42.5 Å². The fourth-order valence-corrected chi connectivity index (χ4v) is 4.26. The molecule has 0 aromatic heterocycles. The highest BCUT2D eigenvalue weighted by Crippen LogP contribution is 2.27. The van der Waals surface area contributed by atoms with Gasteiger partial charge in [0.25, 0.3) is 5.91 Å². The van der Waals surface area contributed by atoms with Crippen LogP contribution in [0.25, 0.3) is 0 Å². The molecule has 2 amide bonds. The van der Waals surface area contributed by atoms with Gasteiger partial charge in [-0.05, 0) is 48.7 Å². The first-order valence-electron chi connectivity index (χ1n) is 12.2. The minimum Gasteiger partial charge on any atom is -0.493 e. The second-order valence-corrected chi connectivity index (χ2v) is 9.56. The summed E-state index contributed by atoms with van der Waals surface area (Å²) in [6.07, 6.45) is 1.09. The van der Waals surface area contributed by atoms with Crippen LogP contribution in [0.5, 0.6) is 11.5 Å². The summed E-state index contributed by atoms with van der Waals surface area (Å²) >= 11 is 12.6. The monoisotopic (exact) mass is 542 g/mol. The van der Waals surface area contributed by atoms with Gasteiger partial charge in [0.05, 0.1) is 7.11 Å². The Balaban J connectivity index is 1.96. The number of para-hydroxylation sites is 2. The first-order valence-corrected chi connectivity index (χ1v) is 12.9. The average Bonchev–Trinajstić information content (AvgIpc) is 2.90. The zero-order valence-corrected chi connectivity index (χ0v) is 22.8. The van der Waals surface area contributed by atoms with E-state index < -0.39 is 6.04 Å². The van der Waals surface area contributed by atoms with Crippen molar-refractivity contribution in [3.8, 4) is 11.5 Å². The van der Waals surface area contributed by atoms with Crippen molar-refractivity contribution in [3.05, 3.63) is 94.0 Å². The third-order valence-corrected chi connectivity index (χ3v) is 6.64. The van der Waals surface area contributed by atoms with E-state index in [1.54, 1.807) is 36.4 Å². The molecule has 0 bridgehead atoms. The standard InChI is InChI=1S/C29H32Cl2N2O4/c1-4-20(2)32-29(35)25(16-21-10-6-5-7-11-21)33(18-22-14-15-23(30)17-24(22)31)28(34)19-37-27-13-9-8-12-26(27)36-3/h5-15,17,20,25H,4,16,18-19H2,1-3H3,(H,32,35)/t20-,25-/m1/s1. The van der Waals surface area contributed by atoms with Crippen molar-refractivity contribution in [2.75, 3.05) is 13.7 Å². The Morgan fingerprint density at radius 2 is 1.65 bits per heavy atom. The van der Waals surface area contributed by atoms with Crippen LogP contribution in [-0.2, 0) is 22.6 Å². The zero-order valence-electron chi connectivity index (χ0n) is 21.2. The van der Waals surface area contributed by atoms with Gasteiger partial charge in [-0.25, -0.2) is 0 Å². The smallest absolute Gasteiger partial charge is 0.261 e. The summed E-state index contributed by atoms with van der Waals surface area (Å²) in [6, 6.07) is 20.9. The Hall–Kier alpha value is -3.22. The summed E-state index contributed by atoms with van der Waals surface area (Å²) in [5.74, 6) is 0.343. The third-order valence-electron chi connectivity index (χ3n) is 6.05. The second kappa shape index (κ2) is 13.9. The minimum absolute atomic E-state index is 0.0494. The van der Waals surface area contributed by atoms with E-state index in [4.69, 9.17) is 32.7 Å². The van der Waals surface area contributed by atoms with E-state index in [1.165, 1.54) is 12.0 Å². The van der Waals surface area contributed by atoms with E-state index in [9.17, 15) is 9.59 Å². The number of hydrogen-bond donors (Lipinski definition) is 1. The van der Waals surface area contributed by atoms with Gasteiger partial charge in [0.15, 0.2) is 18.1 Å². The van der Waals surface area contributed by atoms with Crippen LogP contribution in [0.3, 0.4) is 0 Å². The molecule has 0 spiro atoms. The molecule has 0 heterocycles. The number of halogens is 2. The van der Waals surface area contributed by atoms with Crippen LogP contribution >= 0.6 is 23.2 Å². The molecule has 1 N–H and O–H groups in total. The first-order chi connectivity index (χ1) is 17.8. The van der Waals surface area contributed by atoms with Crippen molar-refractivity contribution < 1.29 is 19.1 Å². The van der Waals surface area contributed by atoms with Gasteiger partial charge in [-0.15, -0.1) is 0 Å². The van der Waals surface area contributed by atoms with Gasteiger partial charge in [-0.3, -0.25) is 9.59 Å². The molecule has 3 aromatic carbocycles. The maximum atomic E-state index is 13.7. The summed E-state index contributed by atoms with van der Waals surface area (Å²) in [6.45, 7) is 3.75. The number of rotatable bonds is 12. The van der Waals surface area contributed by atoms with Gasteiger partial charge < -0.3 is 19.7 Å². The summed E-state index contributed by atoms with van der Waals surface area (Å²) < 4.78 is 11.2. The highest BCUT2D eigenvalue weighted by molar-refractivity contribution is 6.35. The molecular formula is C29H32Cl2N2O4. The fraction of sp³-hybridized carbons (Fsp3) is 0.310. The molecule has 0 aliphatic rings. The number of nitrogens with zero attached hydrogens (tertiary/aromatic N) is 1. The Labute approximate surface area is 228 Å². The lowest BCUT2D eigenvalue weighted by atomic mass is 10.0. The van der Waals surface area contributed by atoms with Gasteiger partial charge in [0, 0.05) is 29.1 Å². The lowest BCUT2D eigenvalue weighted by Gasteiger charge is -2.32. The third kappa shape index (κ3) is 8.14. The van der Waals surface area contributed by atoms with E-state index in [2.05, 4.69) is 5.32 Å². The number of ether oxygens (including phenoxy) is 2. The van der Waals surface area contributed by atoms with Gasteiger partial charge >= 0.3 is 0 Å². The van der Waals surface area contributed by atoms with Gasteiger partial charge in [0.1, 0.15) is 6.04 Å². The Morgan fingerprint density at radius 1 is 0.973 bits per heavy atom. The van der Waals surface area contributed by atoms with Crippen LogP contribution in [0.2, 0.25) is 10.0 Å². The largest absolute Gasteiger partial charge is 0.493 e. The number of nitrogens with one attached hydrogen (secondary N) is 1. The summed E-state index contributed by atoms with van der Waals surface area (Å²) in [4.78, 5) is 28.8. The minimum atomic E-state index is -0.795. The Kier molecular flexibility index (Phi) is 10.7. The molecule has 37 heavy (non-hydrogen) atoms. The van der Waals surface area contributed by atoms with Crippen molar-refractivity contribution in [1.82, 2.24) is 10.2 Å². The predicted molar refractivity (Wildman–Crippen MR) is 147 cm³/mol.